The topological polar surface area (TPSA) is 85.7 Å². The molecule has 2 aliphatic rings. The van der Waals surface area contributed by atoms with Crippen LogP contribution in [0.2, 0.25) is 0 Å². The number of carbonyl (C=O) groups is 2. The highest BCUT2D eigenvalue weighted by Crippen LogP contribution is 2.45. The zero-order valence-electron chi connectivity index (χ0n) is 18.7. The van der Waals surface area contributed by atoms with E-state index >= 15 is 0 Å². The predicted octanol–water partition coefficient (Wildman–Crippen LogP) is 3.76. The van der Waals surface area contributed by atoms with Gasteiger partial charge in [0.2, 0.25) is 0 Å². The monoisotopic (exact) mass is 430 g/mol. The van der Waals surface area contributed by atoms with E-state index in [9.17, 15) is 14.9 Å². The van der Waals surface area contributed by atoms with Gasteiger partial charge in [0.1, 0.15) is 11.4 Å². The molecule has 0 saturated carbocycles. The zero-order valence-corrected chi connectivity index (χ0v) is 18.7. The van der Waals surface area contributed by atoms with Crippen molar-refractivity contribution >= 4 is 17.6 Å². The van der Waals surface area contributed by atoms with Gasteiger partial charge in [-0.05, 0) is 50.6 Å². The SMILES string of the molecule is CCNC(=O)N(C)CC1=C(N2Cc3ccccc3C2=O)c2cc(C#N)ccc2OC1(C)C. The second kappa shape index (κ2) is 8.04. The Balaban J connectivity index is 1.90. The molecular formula is C25H26N4O3. The van der Waals surface area contributed by atoms with Crippen molar-refractivity contribution in [1.29, 1.82) is 5.26 Å². The lowest BCUT2D eigenvalue weighted by molar-refractivity contribution is 0.0841. The van der Waals surface area contributed by atoms with Gasteiger partial charge in [-0.1, -0.05) is 18.2 Å². The van der Waals surface area contributed by atoms with Crippen LogP contribution in [-0.4, -0.2) is 47.5 Å². The third-order valence-corrected chi connectivity index (χ3v) is 5.90. The number of nitrogens with zero attached hydrogens (tertiary/aromatic N) is 3. The number of nitrogens with one attached hydrogen (secondary N) is 1. The molecule has 4 rings (SSSR count). The van der Waals surface area contributed by atoms with Crippen molar-refractivity contribution in [2.24, 2.45) is 0 Å². The van der Waals surface area contributed by atoms with Gasteiger partial charge in [0.05, 0.1) is 23.9 Å². The summed E-state index contributed by atoms with van der Waals surface area (Å²) in [6.07, 6.45) is 0. The number of hydrogen-bond acceptors (Lipinski definition) is 4. The summed E-state index contributed by atoms with van der Waals surface area (Å²) in [5.74, 6) is 0.511. The van der Waals surface area contributed by atoms with E-state index in [1.54, 1.807) is 35.0 Å². The van der Waals surface area contributed by atoms with Crippen molar-refractivity contribution in [3.05, 3.63) is 70.3 Å². The summed E-state index contributed by atoms with van der Waals surface area (Å²) in [6.45, 7) is 6.94. The van der Waals surface area contributed by atoms with E-state index in [1.165, 1.54) is 0 Å². The number of nitriles is 1. The van der Waals surface area contributed by atoms with Crippen LogP contribution in [0.4, 0.5) is 4.79 Å². The fourth-order valence-corrected chi connectivity index (χ4v) is 4.26. The van der Waals surface area contributed by atoms with Crippen LogP contribution >= 0.6 is 0 Å². The first-order valence-electron chi connectivity index (χ1n) is 10.6. The summed E-state index contributed by atoms with van der Waals surface area (Å²) in [7, 11) is 1.72. The van der Waals surface area contributed by atoms with E-state index in [0.717, 1.165) is 11.1 Å². The number of likely N-dealkylation sites (N-methyl/N-ethyl adjacent to an activating group) is 1. The van der Waals surface area contributed by atoms with Gasteiger partial charge in [-0.3, -0.25) is 4.79 Å². The number of benzene rings is 2. The van der Waals surface area contributed by atoms with Gasteiger partial charge >= 0.3 is 6.03 Å². The van der Waals surface area contributed by atoms with Crippen LogP contribution in [0.25, 0.3) is 5.70 Å². The van der Waals surface area contributed by atoms with Gasteiger partial charge < -0.3 is 19.9 Å². The molecular weight excluding hydrogens is 404 g/mol. The van der Waals surface area contributed by atoms with Crippen LogP contribution < -0.4 is 10.1 Å². The Labute approximate surface area is 187 Å². The molecule has 2 aromatic rings. The third-order valence-electron chi connectivity index (χ3n) is 5.90. The largest absolute Gasteiger partial charge is 0.483 e. The highest BCUT2D eigenvalue weighted by atomic mass is 16.5. The molecule has 0 spiro atoms. The number of hydrogen-bond donors (Lipinski definition) is 1. The highest BCUT2D eigenvalue weighted by molar-refractivity contribution is 6.04. The summed E-state index contributed by atoms with van der Waals surface area (Å²) in [5.41, 5.74) is 3.50. The van der Waals surface area contributed by atoms with Crippen LogP contribution in [0.1, 0.15) is 47.8 Å². The zero-order chi connectivity index (χ0) is 23.0. The average molecular weight is 431 g/mol. The smallest absolute Gasteiger partial charge is 0.317 e. The lowest BCUT2D eigenvalue weighted by Crippen LogP contribution is -2.46. The molecule has 2 aliphatic heterocycles. The molecule has 2 heterocycles. The number of amides is 3. The summed E-state index contributed by atoms with van der Waals surface area (Å²) in [5, 5.41) is 12.3. The number of ether oxygens (including phenoxy) is 1. The minimum absolute atomic E-state index is 0.0974. The maximum atomic E-state index is 13.4. The Bertz CT molecular complexity index is 1180. The first-order valence-corrected chi connectivity index (χ1v) is 10.6. The Hall–Kier alpha value is -3.79. The second-order valence-electron chi connectivity index (χ2n) is 8.50. The van der Waals surface area contributed by atoms with Gasteiger partial charge in [-0.2, -0.15) is 5.26 Å². The van der Waals surface area contributed by atoms with Crippen LogP contribution in [0.5, 0.6) is 5.75 Å². The maximum absolute atomic E-state index is 13.4. The molecule has 0 fully saturated rings. The average Bonchev–Trinajstić information content (AvgIpc) is 3.10. The van der Waals surface area contributed by atoms with Crippen LogP contribution in [0.15, 0.2) is 48.0 Å². The summed E-state index contributed by atoms with van der Waals surface area (Å²) in [6, 6.07) is 14.8. The van der Waals surface area contributed by atoms with E-state index in [-0.39, 0.29) is 18.5 Å². The molecule has 32 heavy (non-hydrogen) atoms. The lowest BCUT2D eigenvalue weighted by atomic mass is 9.87. The first kappa shape index (κ1) is 21.4. The maximum Gasteiger partial charge on any atom is 0.317 e. The quantitative estimate of drug-likeness (QED) is 0.800. The van der Waals surface area contributed by atoms with Gasteiger partial charge in [0, 0.05) is 36.8 Å². The minimum atomic E-state index is -0.772. The number of rotatable bonds is 4. The van der Waals surface area contributed by atoms with Crippen molar-refractivity contribution in [2.45, 2.75) is 32.9 Å². The predicted molar refractivity (Wildman–Crippen MR) is 121 cm³/mol. The molecule has 7 nitrogen and oxygen atoms in total. The fraction of sp³-hybridized carbons (Fsp3) is 0.320. The van der Waals surface area contributed by atoms with Crippen molar-refractivity contribution < 1.29 is 14.3 Å². The summed E-state index contributed by atoms with van der Waals surface area (Å²) < 4.78 is 6.31. The Kier molecular flexibility index (Phi) is 5.39. The molecule has 1 N–H and O–H groups in total. The molecule has 0 radical (unpaired) electrons. The molecule has 7 heteroatoms. The molecule has 164 valence electrons. The molecule has 3 amide bonds. The van der Waals surface area contributed by atoms with E-state index in [2.05, 4.69) is 11.4 Å². The lowest BCUT2D eigenvalue weighted by Gasteiger charge is -2.40. The molecule has 0 atom stereocenters. The molecule has 0 unspecified atom stereocenters. The Morgan fingerprint density at radius 2 is 2.00 bits per heavy atom. The number of fused-ring (bicyclic) bond motifs is 2. The summed E-state index contributed by atoms with van der Waals surface area (Å²) in [4.78, 5) is 29.2. The van der Waals surface area contributed by atoms with Crippen molar-refractivity contribution in [3.8, 4) is 11.8 Å². The number of urea groups is 1. The van der Waals surface area contributed by atoms with Crippen LogP contribution in [0, 0.1) is 11.3 Å². The van der Waals surface area contributed by atoms with E-state index in [0.29, 0.717) is 41.2 Å². The van der Waals surface area contributed by atoms with Crippen molar-refractivity contribution in [3.63, 3.8) is 0 Å². The van der Waals surface area contributed by atoms with Crippen LogP contribution in [-0.2, 0) is 6.54 Å². The second-order valence-corrected chi connectivity index (χ2v) is 8.50. The standard InChI is InChI=1S/C25H26N4O3/c1-5-27-24(31)28(4)15-20-22(29-14-17-8-6-7-9-18(17)23(29)30)19-12-16(13-26)10-11-21(19)32-25(20,2)3/h6-12H,5,14-15H2,1-4H3,(H,27,31). The van der Waals surface area contributed by atoms with Gasteiger partial charge in [0.25, 0.3) is 5.91 Å². The van der Waals surface area contributed by atoms with Crippen molar-refractivity contribution in [1.82, 2.24) is 15.1 Å². The van der Waals surface area contributed by atoms with Gasteiger partial charge in [-0.25, -0.2) is 4.79 Å². The van der Waals surface area contributed by atoms with E-state index in [4.69, 9.17) is 4.74 Å². The normalized spacial score (nSPS) is 16.1. The Morgan fingerprint density at radius 1 is 1.25 bits per heavy atom. The molecule has 0 aromatic heterocycles. The van der Waals surface area contributed by atoms with E-state index < -0.39 is 5.60 Å². The fourth-order valence-electron chi connectivity index (χ4n) is 4.26. The molecule has 0 aliphatic carbocycles. The third kappa shape index (κ3) is 3.58. The highest BCUT2D eigenvalue weighted by Gasteiger charge is 2.41. The number of carbonyl (C=O) groups excluding carboxylic acids is 2. The van der Waals surface area contributed by atoms with Gasteiger partial charge in [-0.15, -0.1) is 0 Å². The first-order chi connectivity index (χ1) is 15.3. The molecule has 2 aromatic carbocycles. The Morgan fingerprint density at radius 3 is 2.69 bits per heavy atom. The molecule has 0 bridgehead atoms. The van der Waals surface area contributed by atoms with E-state index in [1.807, 2.05) is 45.0 Å². The van der Waals surface area contributed by atoms with Crippen molar-refractivity contribution in [2.75, 3.05) is 20.1 Å². The molecule has 0 saturated heterocycles. The van der Waals surface area contributed by atoms with Gasteiger partial charge in [0.15, 0.2) is 0 Å². The van der Waals surface area contributed by atoms with Crippen LogP contribution in [0.3, 0.4) is 0 Å². The summed E-state index contributed by atoms with van der Waals surface area (Å²) >= 11 is 0. The minimum Gasteiger partial charge on any atom is -0.483 e.